The maximum atomic E-state index is 16.4. The van der Waals surface area contributed by atoms with Crippen molar-refractivity contribution in [3.63, 3.8) is 0 Å². The third-order valence-electron chi connectivity index (χ3n) is 9.43. The number of rotatable bonds is 7. The number of H-pyrrole nitrogens is 1. The number of carbonyl (C=O) groups excluding carboxylic acids is 1. The number of imidazole rings is 1. The van der Waals surface area contributed by atoms with Crippen molar-refractivity contribution in [1.82, 2.24) is 29.1 Å². The van der Waals surface area contributed by atoms with E-state index in [1.807, 2.05) is 11.9 Å². The number of nitrogens with two attached hydrogens (primary N) is 1. The highest BCUT2D eigenvalue weighted by Gasteiger charge is 2.55. The summed E-state index contributed by atoms with van der Waals surface area (Å²) in [4.78, 5) is 62.1. The molecule has 1 unspecified atom stereocenters. The quantitative estimate of drug-likeness (QED) is 0.119. The van der Waals surface area contributed by atoms with Gasteiger partial charge in [-0.2, -0.15) is 0 Å². The molecule has 3 saturated heterocycles. The molecular formula is C34H33F2N7O13P2S. The summed E-state index contributed by atoms with van der Waals surface area (Å²) in [7, 11) is -5.26. The molecule has 5 aromatic rings. The number of aromatic nitrogens is 6. The Morgan fingerprint density at radius 3 is 2.41 bits per heavy atom. The first-order valence-electron chi connectivity index (χ1n) is 17.6. The molecule has 10 atom stereocenters. The number of esters is 1. The molecule has 0 radical (unpaired) electrons. The summed E-state index contributed by atoms with van der Waals surface area (Å²) in [5.41, 5.74) is 6.03. The molecular weight excluding hydrogens is 846 g/mol. The van der Waals surface area contributed by atoms with Gasteiger partial charge >= 0.3 is 26.3 Å². The zero-order valence-corrected chi connectivity index (χ0v) is 33.0. The van der Waals surface area contributed by atoms with E-state index in [0.29, 0.717) is 22.5 Å². The van der Waals surface area contributed by atoms with Crippen molar-refractivity contribution in [2.75, 3.05) is 18.9 Å². The Labute approximate surface area is 334 Å². The molecule has 3 aromatic heterocycles. The van der Waals surface area contributed by atoms with Crippen LogP contribution in [0.4, 0.5) is 14.6 Å². The van der Waals surface area contributed by atoms with Crippen molar-refractivity contribution in [2.24, 2.45) is 0 Å². The lowest BCUT2D eigenvalue weighted by Gasteiger charge is -2.27. The van der Waals surface area contributed by atoms with Crippen LogP contribution in [0.2, 0.25) is 0 Å². The minimum Gasteiger partial charge on any atom is -0.423 e. The van der Waals surface area contributed by atoms with Gasteiger partial charge in [-0.05, 0) is 48.1 Å². The molecule has 6 heterocycles. The second-order valence-electron chi connectivity index (χ2n) is 13.4. The smallest absolute Gasteiger partial charge is 0.423 e. The number of nitrogens with one attached hydrogen (secondary N) is 1. The van der Waals surface area contributed by atoms with Gasteiger partial charge in [0.25, 0.3) is 5.56 Å². The van der Waals surface area contributed by atoms with Crippen molar-refractivity contribution >= 4 is 49.0 Å². The van der Waals surface area contributed by atoms with Gasteiger partial charge in [-0.3, -0.25) is 37.0 Å². The third kappa shape index (κ3) is 8.67. The summed E-state index contributed by atoms with van der Waals surface area (Å²) in [5, 5.41) is 0. The summed E-state index contributed by atoms with van der Waals surface area (Å²) >= 11 is 0.571. The Bertz CT molecular complexity index is 2580. The van der Waals surface area contributed by atoms with Crippen LogP contribution >= 0.6 is 26.0 Å². The molecule has 0 saturated carbocycles. The van der Waals surface area contributed by atoms with Crippen LogP contribution < -0.4 is 21.7 Å². The number of aryl methyl sites for hydroxylation is 1. The van der Waals surface area contributed by atoms with E-state index >= 15 is 8.78 Å². The summed E-state index contributed by atoms with van der Waals surface area (Å²) in [5.74, 6) is -0.530. The van der Waals surface area contributed by atoms with Gasteiger partial charge in [-0.25, -0.2) is 42.5 Å². The monoisotopic (exact) mass is 879 g/mol. The van der Waals surface area contributed by atoms with E-state index in [1.165, 1.54) is 12.1 Å². The number of nitrogen functional groups attached to an aromatic ring is 1. The zero-order valence-electron chi connectivity index (χ0n) is 30.4. The highest BCUT2D eigenvalue weighted by molar-refractivity contribution is 8.54. The van der Waals surface area contributed by atoms with Crippen LogP contribution in [0.15, 0.2) is 83.0 Å². The molecule has 2 aromatic carbocycles. The second-order valence-corrected chi connectivity index (χ2v) is 18.9. The predicted molar refractivity (Wildman–Crippen MR) is 202 cm³/mol. The number of hydrogen-bond donors (Lipinski definition) is 3. The van der Waals surface area contributed by atoms with Crippen molar-refractivity contribution in [1.29, 1.82) is 0 Å². The number of phosphoric ester groups is 1. The number of carbonyl (C=O) groups is 1. The van der Waals surface area contributed by atoms with Crippen molar-refractivity contribution in [2.45, 2.75) is 61.9 Å². The highest BCUT2D eigenvalue weighted by atomic mass is 32.7. The molecule has 3 fully saturated rings. The number of benzene rings is 2. The van der Waals surface area contributed by atoms with Crippen LogP contribution in [0.1, 0.15) is 33.9 Å². The van der Waals surface area contributed by atoms with Gasteiger partial charge < -0.3 is 24.8 Å². The van der Waals surface area contributed by atoms with Gasteiger partial charge in [-0.15, -0.1) is 0 Å². The molecule has 4 N–H and O–H groups in total. The van der Waals surface area contributed by atoms with Crippen LogP contribution in [0, 0.1) is 6.92 Å². The van der Waals surface area contributed by atoms with E-state index in [1.54, 1.807) is 36.4 Å². The largest absolute Gasteiger partial charge is 0.472 e. The van der Waals surface area contributed by atoms with Gasteiger partial charge in [0.05, 0.1) is 25.1 Å². The molecule has 0 spiro atoms. The van der Waals surface area contributed by atoms with Gasteiger partial charge in [-0.1, -0.05) is 29.8 Å². The fourth-order valence-corrected chi connectivity index (χ4v) is 10.8. The van der Waals surface area contributed by atoms with Crippen molar-refractivity contribution in [3.8, 4) is 5.75 Å². The molecule has 0 aliphatic carbocycles. The van der Waals surface area contributed by atoms with E-state index in [2.05, 4.69) is 15.0 Å². The van der Waals surface area contributed by atoms with Crippen molar-refractivity contribution in [3.05, 3.63) is 111 Å². The predicted octanol–water partition coefficient (Wildman–Crippen LogP) is 3.92. The Morgan fingerprint density at radius 2 is 1.66 bits per heavy atom. The topological polar surface area (TPSA) is 261 Å². The third-order valence-corrected chi connectivity index (χ3v) is 14.1. The van der Waals surface area contributed by atoms with E-state index in [-0.39, 0.29) is 28.5 Å². The fraction of sp³-hybridized carbons (Fsp3) is 0.353. The van der Waals surface area contributed by atoms with Crippen LogP contribution in [0.5, 0.6) is 5.75 Å². The van der Waals surface area contributed by atoms with E-state index in [4.69, 9.17) is 38.0 Å². The second kappa shape index (κ2) is 16.4. The molecule has 20 nitrogen and oxygen atoms in total. The first-order chi connectivity index (χ1) is 28.2. The number of fused-ring (bicyclic) bond motifs is 4. The average Bonchev–Trinajstić information content (AvgIpc) is 3.86. The lowest BCUT2D eigenvalue weighted by atomic mass is 10.1. The number of nitrogens with zero attached hydrogens (tertiary/aromatic N) is 5. The minimum absolute atomic E-state index is 0.0176. The van der Waals surface area contributed by atoms with Gasteiger partial charge in [0.1, 0.15) is 42.0 Å². The first kappa shape index (κ1) is 41.1. The number of halogens is 2. The van der Waals surface area contributed by atoms with E-state index < -0.39 is 94.3 Å². The molecule has 25 heteroatoms. The SMILES string of the molecule is Cc1ccc(C(=O)Oc2ccc(CS[P@@]3(=O)OC[C@H]4O[C@@H](n5cnc6c(N)ncnc65)[C@H](F)[C@@H]4OP(=O)(O)OC[C@H]4O[C@@H](n5ccc(=O)[nH]c5=O)[C@H](O3)[C@@H]4F)cc2)cc1. The molecule has 59 heavy (non-hydrogen) atoms. The fourth-order valence-electron chi connectivity index (χ4n) is 6.45. The number of ether oxygens (including phenoxy) is 3. The summed E-state index contributed by atoms with van der Waals surface area (Å²) < 4.78 is 102. The number of hydrogen-bond acceptors (Lipinski definition) is 17. The van der Waals surface area contributed by atoms with Gasteiger partial charge in [0, 0.05) is 18.0 Å². The number of anilines is 1. The van der Waals surface area contributed by atoms with Crippen LogP contribution in [-0.2, 0) is 42.5 Å². The normalized spacial score (nSPS) is 31.2. The van der Waals surface area contributed by atoms with Crippen LogP contribution in [0.3, 0.4) is 0 Å². The highest BCUT2D eigenvalue weighted by Crippen LogP contribution is 2.65. The van der Waals surface area contributed by atoms with Crippen LogP contribution in [-0.4, -0.2) is 89.9 Å². The van der Waals surface area contributed by atoms with Gasteiger partial charge in [0.2, 0.25) is 0 Å². The summed E-state index contributed by atoms with van der Waals surface area (Å²) in [6.07, 6.45) is -11.8. The number of phosphoric acid groups is 1. The maximum Gasteiger partial charge on any atom is 0.472 e. The minimum atomic E-state index is -5.26. The molecule has 2 bridgehead atoms. The first-order valence-corrected chi connectivity index (χ1v) is 22.2. The lowest BCUT2D eigenvalue weighted by molar-refractivity contribution is -0.0635. The molecule has 3 aliphatic heterocycles. The Balaban J connectivity index is 1.09. The van der Waals surface area contributed by atoms with Crippen LogP contribution in [0.25, 0.3) is 11.2 Å². The molecule has 0 amide bonds. The van der Waals surface area contributed by atoms with Gasteiger partial charge in [0.15, 0.2) is 36.3 Å². The Morgan fingerprint density at radius 1 is 0.932 bits per heavy atom. The summed E-state index contributed by atoms with van der Waals surface area (Å²) in [6.45, 7) is -4.63. The Kier molecular flexibility index (Phi) is 11.4. The zero-order chi connectivity index (χ0) is 41.6. The number of alkyl halides is 2. The lowest BCUT2D eigenvalue weighted by Crippen LogP contribution is -2.37. The summed E-state index contributed by atoms with van der Waals surface area (Å²) in [6, 6.07) is 13.9. The number of aromatic amines is 1. The van der Waals surface area contributed by atoms with E-state index in [9.17, 15) is 28.4 Å². The van der Waals surface area contributed by atoms with Crippen molar-refractivity contribution < 1.29 is 59.9 Å². The van der Waals surface area contributed by atoms with E-state index in [0.717, 1.165) is 39.6 Å². The average molecular weight is 880 g/mol. The molecule has 8 rings (SSSR count). The molecule has 312 valence electrons. The maximum absolute atomic E-state index is 16.4. The molecule has 3 aliphatic rings. The Hall–Kier alpha value is -4.67. The standard InChI is InChI=1S/C34H33F2N7O13P2S/c1-17-2-6-19(7-3-17)33(45)52-20-8-4-18(5-9-20)14-59-58(49)51-13-22-27(25(36)31(54-22)43-16-40-26-29(37)38-15-39-30(26)43)55-57(47,48)50-12-21-24(35)28(56-58)32(53-21)42-11-10-23(44)41-34(42)46/h2-11,15-16,21-22,24-25,27-28,31-32H,12-14H2,1H3,(H,47,48)(H2,37,38,39)(H,41,44,46)/t21-,22-,24-,25-,27-,28-,31-,32-,58+/m1/s1.